The van der Waals surface area contributed by atoms with E-state index in [0.29, 0.717) is 0 Å². The van der Waals surface area contributed by atoms with Gasteiger partial charge in [-0.3, -0.25) is 0 Å². The Bertz CT molecular complexity index is 615. The first-order valence-electron chi connectivity index (χ1n) is 11.2. The fourth-order valence-corrected chi connectivity index (χ4v) is 8.46. The molecule has 2 aliphatic heterocycles. The van der Waals surface area contributed by atoms with Crippen molar-refractivity contribution in [3.05, 3.63) is 35.0 Å². The van der Waals surface area contributed by atoms with Crippen LogP contribution in [0.2, 0.25) is 33.0 Å². The fraction of sp³-hybridized carbons (Fsp3) is 0.750. The average Bonchev–Trinajstić information content (AvgIpc) is 3.09. The molecule has 0 unspecified atom stereocenters. The monoisotopic (exact) mass is 528 g/mol. The molecular weight excluding hydrogens is 483 g/mol. The minimum absolute atomic E-state index is 0.0112. The van der Waals surface area contributed by atoms with Crippen LogP contribution >= 0.6 is 0 Å². The molecule has 1 fully saturated rings. The molecule has 0 N–H and O–H groups in total. The van der Waals surface area contributed by atoms with Crippen LogP contribution in [0, 0.1) is 0 Å². The van der Waals surface area contributed by atoms with Gasteiger partial charge >= 0.3 is 185 Å². The van der Waals surface area contributed by atoms with Gasteiger partial charge in [-0.25, -0.2) is 0 Å². The van der Waals surface area contributed by atoms with Crippen LogP contribution in [0.4, 0.5) is 0 Å². The second-order valence-electron chi connectivity index (χ2n) is 11.3. The molecule has 3 nitrogen and oxygen atoms in total. The molecule has 1 saturated heterocycles. The van der Waals surface area contributed by atoms with Crippen molar-refractivity contribution in [3.8, 4) is 0 Å². The van der Waals surface area contributed by atoms with Gasteiger partial charge in [0, 0.05) is 0 Å². The summed E-state index contributed by atoms with van der Waals surface area (Å²) in [5, 5.41) is 0.178. The molecule has 0 aliphatic carbocycles. The first-order chi connectivity index (χ1) is 13.3. The molecule has 0 aromatic heterocycles. The van der Waals surface area contributed by atoms with Crippen molar-refractivity contribution in [2.75, 3.05) is 0 Å². The summed E-state index contributed by atoms with van der Waals surface area (Å²) in [4.78, 5) is 7.25. The minimum atomic E-state index is -2.15. The van der Waals surface area contributed by atoms with Crippen molar-refractivity contribution >= 4 is 26.7 Å². The first kappa shape index (κ1) is 25.4. The Labute approximate surface area is 185 Å². The Morgan fingerprint density at radius 3 is 2.45 bits per heavy atom. The summed E-state index contributed by atoms with van der Waals surface area (Å²) in [6.07, 6.45) is 10.7. The maximum absolute atomic E-state index is 6.76. The molecule has 2 aliphatic rings. The predicted molar refractivity (Wildman–Crippen MR) is 130 cm³/mol. The molecule has 0 amide bonds. The summed E-state index contributed by atoms with van der Waals surface area (Å²) in [5.41, 5.74) is 0. The van der Waals surface area contributed by atoms with Crippen LogP contribution in [0.1, 0.15) is 46.5 Å². The van der Waals surface area contributed by atoms with Crippen LogP contribution in [0.25, 0.3) is 0 Å². The van der Waals surface area contributed by atoms with E-state index in [9.17, 15) is 0 Å². The van der Waals surface area contributed by atoms with Crippen LogP contribution in [0.5, 0.6) is 0 Å². The molecule has 166 valence electrons. The van der Waals surface area contributed by atoms with Gasteiger partial charge in [-0.1, -0.05) is 0 Å². The summed E-state index contributed by atoms with van der Waals surface area (Å²) in [7, 11) is -1.88. The molecule has 0 bridgehead atoms. The summed E-state index contributed by atoms with van der Waals surface area (Å²) >= 11 is -2.15. The zero-order valence-electron chi connectivity index (χ0n) is 20.1. The zero-order valence-corrected chi connectivity index (χ0v) is 23.9. The zero-order chi connectivity index (χ0) is 22.0. The van der Waals surface area contributed by atoms with Gasteiger partial charge in [0.15, 0.2) is 0 Å². The third kappa shape index (κ3) is 6.55. The molecule has 2 heterocycles. The molecule has 0 aromatic rings. The molecular formula is C24H44O3SiSn. The van der Waals surface area contributed by atoms with Gasteiger partial charge in [-0.2, -0.15) is 0 Å². The number of rotatable bonds is 8. The Balaban J connectivity index is 2.05. The topological polar surface area (TPSA) is 27.7 Å². The van der Waals surface area contributed by atoms with Crippen molar-refractivity contribution in [2.45, 2.75) is 110 Å². The van der Waals surface area contributed by atoms with Crippen LogP contribution in [0.15, 0.2) is 35.0 Å². The van der Waals surface area contributed by atoms with Gasteiger partial charge in [-0.15, -0.1) is 0 Å². The molecule has 0 spiro atoms. The van der Waals surface area contributed by atoms with Gasteiger partial charge in [0.05, 0.1) is 0 Å². The van der Waals surface area contributed by atoms with Gasteiger partial charge in [0.25, 0.3) is 0 Å². The Morgan fingerprint density at radius 1 is 1.24 bits per heavy atom. The van der Waals surface area contributed by atoms with Crippen molar-refractivity contribution in [3.63, 3.8) is 0 Å². The van der Waals surface area contributed by atoms with E-state index in [2.05, 4.69) is 74.0 Å². The number of ether oxygens (including phenoxy) is 2. The first-order valence-corrected chi connectivity index (χ1v) is 24.1. The molecule has 0 radical (unpaired) electrons. The Morgan fingerprint density at radius 2 is 1.90 bits per heavy atom. The van der Waals surface area contributed by atoms with Crippen molar-refractivity contribution in [1.29, 1.82) is 0 Å². The molecule has 0 aromatic carbocycles. The summed E-state index contributed by atoms with van der Waals surface area (Å²) in [5.74, 6) is 0. The standard InChI is InChI=1S/C21H35O3Si.3CH3.Sn/c1-8-11-20(24-25(6,7)21(3,4)5)18-13-10-12-17(23-18)19-15-14-16(9-2)22-19;;;;/h8,10,12,16-20H,1-2,11,13-15H2,3-7H3;3*1H3;/t16-,17-,18+,19+,20+;;;;/m1..../s1. The van der Waals surface area contributed by atoms with E-state index in [4.69, 9.17) is 13.9 Å². The quantitative estimate of drug-likeness (QED) is 0.262. The van der Waals surface area contributed by atoms with E-state index in [1.807, 2.05) is 6.08 Å². The summed E-state index contributed by atoms with van der Waals surface area (Å²) < 4.78 is 21.2. The van der Waals surface area contributed by atoms with Gasteiger partial charge in [0.2, 0.25) is 0 Å². The van der Waals surface area contributed by atoms with Gasteiger partial charge < -0.3 is 0 Å². The van der Waals surface area contributed by atoms with Crippen LogP contribution in [0.3, 0.4) is 0 Å². The third-order valence-corrected chi connectivity index (χ3v) is 17.8. The molecule has 5 heteroatoms. The Hall–Kier alpha value is 0.116. The van der Waals surface area contributed by atoms with E-state index < -0.39 is 26.7 Å². The fourth-order valence-electron chi connectivity index (χ4n) is 3.74. The number of hydrogen-bond acceptors (Lipinski definition) is 3. The van der Waals surface area contributed by atoms with Gasteiger partial charge in [0.1, 0.15) is 0 Å². The SMILES string of the molecule is C=CC[C@H](O[Si](C)(C)C(C)(C)C)[C@@H]1CC=C[C@H]([C@@H]2CC[C@@H]([C](=C)[Sn]([CH3])([CH3])[CH3])O2)O1. The van der Waals surface area contributed by atoms with Gasteiger partial charge in [-0.05, 0) is 0 Å². The van der Waals surface area contributed by atoms with Crippen LogP contribution in [-0.4, -0.2) is 57.2 Å². The molecule has 0 saturated carbocycles. The molecule has 5 atom stereocenters. The predicted octanol–water partition coefficient (Wildman–Crippen LogP) is 6.65. The second-order valence-corrected chi connectivity index (χ2v) is 30.7. The van der Waals surface area contributed by atoms with E-state index in [-0.39, 0.29) is 35.6 Å². The van der Waals surface area contributed by atoms with Crippen LogP contribution in [-0.2, 0) is 13.9 Å². The average molecular weight is 527 g/mol. The normalized spacial score (nSPS) is 29.7. The summed E-state index contributed by atoms with van der Waals surface area (Å²) in [6.45, 7) is 19.9. The Kier molecular flexibility index (Phi) is 8.51. The molecule has 29 heavy (non-hydrogen) atoms. The van der Waals surface area contributed by atoms with E-state index >= 15 is 0 Å². The van der Waals surface area contributed by atoms with Crippen molar-refractivity contribution in [2.24, 2.45) is 0 Å². The molecule has 2 rings (SSSR count). The number of hydrogen-bond donors (Lipinski definition) is 0. The van der Waals surface area contributed by atoms with E-state index in [1.54, 1.807) is 0 Å². The second kappa shape index (κ2) is 9.72. The van der Waals surface area contributed by atoms with Crippen molar-refractivity contribution in [1.82, 2.24) is 0 Å². The third-order valence-electron chi connectivity index (χ3n) is 6.86. The van der Waals surface area contributed by atoms with Crippen LogP contribution < -0.4 is 0 Å². The maximum atomic E-state index is 6.76. The van der Waals surface area contributed by atoms with Crippen molar-refractivity contribution < 1.29 is 13.9 Å². The summed E-state index contributed by atoms with van der Waals surface area (Å²) in [6, 6.07) is 0. The van der Waals surface area contributed by atoms with E-state index in [1.165, 1.54) is 3.59 Å². The van der Waals surface area contributed by atoms with E-state index in [0.717, 1.165) is 25.7 Å².